The van der Waals surface area contributed by atoms with Crippen molar-refractivity contribution < 1.29 is 0 Å². The molecule has 4 heteroatoms. The van der Waals surface area contributed by atoms with E-state index in [4.69, 9.17) is 0 Å². The molecule has 13 heavy (non-hydrogen) atoms. The zero-order valence-electron chi connectivity index (χ0n) is 7.07. The number of fused-ring (bicyclic) bond motifs is 1. The molecule has 2 aromatic rings. The fraction of sp³-hybridized carbons (Fsp3) is 0.111. The average Bonchev–Trinajstić information content (AvgIpc) is 2.16. The molecule has 2 rings (SSSR count). The largest absolute Gasteiger partial charge is 0.328 e. The molecule has 0 unspecified atom stereocenters. The van der Waals surface area contributed by atoms with E-state index in [2.05, 4.69) is 9.97 Å². The Labute approximate surface area is 79.2 Å². The molecule has 1 N–H and O–H groups in total. The SMILES string of the molecule is CSc1ccc2c[nH]c(=O)cc2n1. The molecule has 3 nitrogen and oxygen atoms in total. The lowest BCUT2D eigenvalue weighted by molar-refractivity contribution is 1.17. The molecule has 0 bridgehead atoms. The molecule has 66 valence electrons. The molecule has 0 radical (unpaired) electrons. The maximum atomic E-state index is 11.0. The molecule has 0 amide bonds. The van der Waals surface area contributed by atoms with Crippen LogP contribution < -0.4 is 5.56 Å². The zero-order chi connectivity index (χ0) is 9.26. The lowest BCUT2D eigenvalue weighted by Gasteiger charge is -1.97. The Bertz CT molecular complexity index is 492. The van der Waals surface area contributed by atoms with Gasteiger partial charge in [-0.1, -0.05) is 0 Å². The minimum absolute atomic E-state index is 0.113. The van der Waals surface area contributed by atoms with Gasteiger partial charge in [-0.2, -0.15) is 0 Å². The Kier molecular flexibility index (Phi) is 2.06. The fourth-order valence-corrected chi connectivity index (χ4v) is 1.53. The first kappa shape index (κ1) is 8.31. The first-order chi connectivity index (χ1) is 6.29. The Balaban J connectivity index is 2.75. The maximum absolute atomic E-state index is 11.0. The van der Waals surface area contributed by atoms with Gasteiger partial charge in [0.2, 0.25) is 5.56 Å². The van der Waals surface area contributed by atoms with Crippen LogP contribution >= 0.6 is 11.8 Å². The van der Waals surface area contributed by atoms with E-state index in [9.17, 15) is 4.79 Å². The van der Waals surface area contributed by atoms with E-state index < -0.39 is 0 Å². The van der Waals surface area contributed by atoms with Crippen molar-refractivity contribution in [3.63, 3.8) is 0 Å². The van der Waals surface area contributed by atoms with Crippen LogP contribution in [0.1, 0.15) is 0 Å². The van der Waals surface area contributed by atoms with E-state index in [1.54, 1.807) is 18.0 Å². The number of aromatic amines is 1. The van der Waals surface area contributed by atoms with Crippen molar-refractivity contribution in [2.45, 2.75) is 5.03 Å². The maximum Gasteiger partial charge on any atom is 0.250 e. The van der Waals surface area contributed by atoms with Gasteiger partial charge in [0, 0.05) is 17.6 Å². The van der Waals surface area contributed by atoms with Crippen molar-refractivity contribution in [2.75, 3.05) is 6.26 Å². The minimum atomic E-state index is -0.113. The highest BCUT2D eigenvalue weighted by Gasteiger charge is 1.97. The number of thioether (sulfide) groups is 1. The number of pyridine rings is 2. The van der Waals surface area contributed by atoms with Crippen molar-refractivity contribution >= 4 is 22.7 Å². The predicted octanol–water partition coefficient (Wildman–Crippen LogP) is 1.64. The highest BCUT2D eigenvalue weighted by atomic mass is 32.2. The van der Waals surface area contributed by atoms with E-state index in [0.717, 1.165) is 15.9 Å². The van der Waals surface area contributed by atoms with Gasteiger partial charge in [-0.15, -0.1) is 11.8 Å². The number of rotatable bonds is 1. The summed E-state index contributed by atoms with van der Waals surface area (Å²) in [6, 6.07) is 5.39. The summed E-state index contributed by atoms with van der Waals surface area (Å²) in [5, 5.41) is 1.88. The molecular formula is C9H8N2OS. The van der Waals surface area contributed by atoms with Crippen molar-refractivity contribution in [3.05, 3.63) is 34.7 Å². The van der Waals surface area contributed by atoms with E-state index in [1.807, 2.05) is 18.4 Å². The number of nitrogens with zero attached hydrogens (tertiary/aromatic N) is 1. The molecule has 2 aromatic heterocycles. The third kappa shape index (κ3) is 1.58. The molecule has 0 saturated carbocycles. The van der Waals surface area contributed by atoms with Gasteiger partial charge in [0.05, 0.1) is 10.5 Å². The Morgan fingerprint density at radius 2 is 2.31 bits per heavy atom. The van der Waals surface area contributed by atoms with Crippen LogP contribution in [0.5, 0.6) is 0 Å². The van der Waals surface area contributed by atoms with E-state index in [0.29, 0.717) is 0 Å². The Morgan fingerprint density at radius 1 is 1.46 bits per heavy atom. The minimum Gasteiger partial charge on any atom is -0.328 e. The highest BCUT2D eigenvalue weighted by Crippen LogP contribution is 2.15. The molecule has 0 atom stereocenters. The molecule has 0 saturated heterocycles. The lowest BCUT2D eigenvalue weighted by atomic mass is 10.3. The van der Waals surface area contributed by atoms with Gasteiger partial charge in [0.15, 0.2) is 0 Å². The van der Waals surface area contributed by atoms with Gasteiger partial charge in [-0.25, -0.2) is 4.98 Å². The van der Waals surface area contributed by atoms with Gasteiger partial charge in [-0.05, 0) is 18.4 Å². The van der Waals surface area contributed by atoms with E-state index in [1.165, 1.54) is 6.07 Å². The molecule has 0 spiro atoms. The number of aromatic nitrogens is 2. The van der Waals surface area contributed by atoms with Crippen molar-refractivity contribution in [3.8, 4) is 0 Å². The van der Waals surface area contributed by atoms with Crippen LogP contribution in [0.15, 0.2) is 34.2 Å². The third-order valence-corrected chi connectivity index (χ3v) is 2.42. The molecular weight excluding hydrogens is 184 g/mol. The van der Waals surface area contributed by atoms with Crippen LogP contribution in [0.3, 0.4) is 0 Å². The summed E-state index contributed by atoms with van der Waals surface area (Å²) in [7, 11) is 0. The lowest BCUT2D eigenvalue weighted by Crippen LogP contribution is -2.02. The molecule has 0 aliphatic carbocycles. The summed E-state index contributed by atoms with van der Waals surface area (Å²) < 4.78 is 0. The number of hydrogen-bond donors (Lipinski definition) is 1. The molecule has 0 aromatic carbocycles. The fourth-order valence-electron chi connectivity index (χ4n) is 1.13. The van der Waals surface area contributed by atoms with Crippen molar-refractivity contribution in [1.82, 2.24) is 9.97 Å². The summed E-state index contributed by atoms with van der Waals surface area (Å²) in [5.41, 5.74) is 0.633. The quantitative estimate of drug-likeness (QED) is 0.699. The topological polar surface area (TPSA) is 45.8 Å². The van der Waals surface area contributed by atoms with Gasteiger partial charge >= 0.3 is 0 Å². The normalized spacial score (nSPS) is 10.5. The summed E-state index contributed by atoms with van der Waals surface area (Å²) in [6.45, 7) is 0. The van der Waals surface area contributed by atoms with Gasteiger partial charge in [0.1, 0.15) is 0 Å². The Hall–Kier alpha value is -1.29. The third-order valence-electron chi connectivity index (χ3n) is 1.78. The first-order valence-electron chi connectivity index (χ1n) is 3.83. The van der Waals surface area contributed by atoms with Gasteiger partial charge < -0.3 is 4.98 Å². The molecule has 2 heterocycles. The van der Waals surface area contributed by atoms with Crippen LogP contribution in [-0.2, 0) is 0 Å². The number of H-pyrrole nitrogens is 1. The van der Waals surface area contributed by atoms with Crippen LogP contribution in [0.25, 0.3) is 10.9 Å². The standard InChI is InChI=1S/C9H8N2OS/c1-13-9-3-2-6-5-10-8(12)4-7(6)11-9/h2-5H,1H3,(H,10,12). The first-order valence-corrected chi connectivity index (χ1v) is 5.05. The van der Waals surface area contributed by atoms with Crippen LogP contribution in [-0.4, -0.2) is 16.2 Å². The zero-order valence-corrected chi connectivity index (χ0v) is 7.89. The average molecular weight is 192 g/mol. The summed E-state index contributed by atoms with van der Waals surface area (Å²) in [4.78, 5) is 17.9. The van der Waals surface area contributed by atoms with Crippen LogP contribution in [0.2, 0.25) is 0 Å². The van der Waals surface area contributed by atoms with E-state index in [-0.39, 0.29) is 5.56 Å². The van der Waals surface area contributed by atoms with Crippen molar-refractivity contribution in [2.24, 2.45) is 0 Å². The second kappa shape index (κ2) is 3.22. The predicted molar refractivity (Wildman–Crippen MR) is 54.1 cm³/mol. The smallest absolute Gasteiger partial charge is 0.250 e. The highest BCUT2D eigenvalue weighted by molar-refractivity contribution is 7.98. The van der Waals surface area contributed by atoms with E-state index >= 15 is 0 Å². The van der Waals surface area contributed by atoms with Gasteiger partial charge in [0.25, 0.3) is 0 Å². The second-order valence-corrected chi connectivity index (χ2v) is 3.45. The van der Waals surface area contributed by atoms with Crippen LogP contribution in [0, 0.1) is 0 Å². The number of nitrogens with one attached hydrogen (secondary N) is 1. The molecule has 0 aliphatic heterocycles. The Morgan fingerprint density at radius 3 is 3.08 bits per heavy atom. The van der Waals surface area contributed by atoms with Gasteiger partial charge in [-0.3, -0.25) is 4.79 Å². The van der Waals surface area contributed by atoms with Crippen LogP contribution in [0.4, 0.5) is 0 Å². The molecule has 0 aliphatic rings. The monoisotopic (exact) mass is 192 g/mol. The van der Waals surface area contributed by atoms with Crippen molar-refractivity contribution in [1.29, 1.82) is 0 Å². The summed E-state index contributed by atoms with van der Waals surface area (Å²) >= 11 is 1.57. The summed E-state index contributed by atoms with van der Waals surface area (Å²) in [5.74, 6) is 0. The second-order valence-electron chi connectivity index (χ2n) is 2.63. The summed E-state index contributed by atoms with van der Waals surface area (Å²) in [6.07, 6.45) is 3.64. The molecule has 0 fully saturated rings. The number of hydrogen-bond acceptors (Lipinski definition) is 3.